The zero-order chi connectivity index (χ0) is 11.1. The highest BCUT2D eigenvalue weighted by Crippen LogP contribution is 2.18. The van der Waals surface area contributed by atoms with Crippen molar-refractivity contribution in [3.8, 4) is 5.75 Å². The molecule has 0 amide bonds. The predicted octanol–water partition coefficient (Wildman–Crippen LogP) is 4.17. The largest absolute Gasteiger partial charge is 0.493 e. The van der Waals surface area contributed by atoms with Crippen LogP contribution in [0.5, 0.6) is 5.75 Å². The highest BCUT2D eigenvalue weighted by molar-refractivity contribution is 9.10. The lowest BCUT2D eigenvalue weighted by atomic mass is 10.1. The maximum atomic E-state index is 5.70. The molecule has 1 aromatic carbocycles. The highest BCUT2D eigenvalue weighted by Gasteiger charge is 2.06. The smallest absolute Gasteiger partial charge is 0.119 e. The Morgan fingerprint density at radius 2 is 2.00 bits per heavy atom. The first kappa shape index (κ1) is 12.9. The van der Waals surface area contributed by atoms with Crippen molar-refractivity contribution in [1.82, 2.24) is 0 Å². The Morgan fingerprint density at radius 1 is 1.33 bits per heavy atom. The summed E-state index contributed by atoms with van der Waals surface area (Å²) in [6.45, 7) is 2.95. The van der Waals surface area contributed by atoms with Gasteiger partial charge >= 0.3 is 0 Å². The Morgan fingerprint density at radius 3 is 2.53 bits per heavy atom. The Labute approximate surface area is 106 Å². The lowest BCUT2D eigenvalue weighted by Gasteiger charge is -2.14. The number of benzene rings is 1. The van der Waals surface area contributed by atoms with Gasteiger partial charge in [-0.3, -0.25) is 0 Å². The standard InChI is InChI=1S/C12H17BrOS/c1-2-3-10(9-15)8-14-12-6-4-11(13)5-7-12/h4-7,10,15H,2-3,8-9H2,1H3. The molecule has 0 saturated carbocycles. The molecule has 84 valence electrons. The van der Waals surface area contributed by atoms with E-state index in [9.17, 15) is 0 Å². The van der Waals surface area contributed by atoms with Crippen LogP contribution in [0.2, 0.25) is 0 Å². The van der Waals surface area contributed by atoms with Gasteiger partial charge in [0.2, 0.25) is 0 Å². The van der Waals surface area contributed by atoms with Crippen LogP contribution in [0.1, 0.15) is 19.8 Å². The van der Waals surface area contributed by atoms with E-state index in [1.54, 1.807) is 0 Å². The summed E-state index contributed by atoms with van der Waals surface area (Å²) >= 11 is 7.72. The molecule has 0 heterocycles. The van der Waals surface area contributed by atoms with Gasteiger partial charge in [0.05, 0.1) is 6.61 Å². The van der Waals surface area contributed by atoms with E-state index in [-0.39, 0.29) is 0 Å². The Balaban J connectivity index is 2.38. The minimum absolute atomic E-state index is 0.557. The Bertz CT molecular complexity index is 273. The Kier molecular flexibility index (Phi) is 6.18. The molecular formula is C12H17BrOS. The van der Waals surface area contributed by atoms with Crippen molar-refractivity contribution in [2.24, 2.45) is 5.92 Å². The summed E-state index contributed by atoms with van der Waals surface area (Å²) in [5.74, 6) is 2.38. The van der Waals surface area contributed by atoms with Crippen LogP contribution in [0.25, 0.3) is 0 Å². The molecule has 1 atom stereocenters. The minimum atomic E-state index is 0.557. The van der Waals surface area contributed by atoms with Gasteiger partial charge in [-0.2, -0.15) is 12.6 Å². The number of hydrogen-bond donors (Lipinski definition) is 1. The van der Waals surface area contributed by atoms with E-state index in [1.165, 1.54) is 12.8 Å². The van der Waals surface area contributed by atoms with Crippen molar-refractivity contribution in [2.45, 2.75) is 19.8 Å². The fourth-order valence-corrected chi connectivity index (χ4v) is 1.93. The molecule has 0 saturated heterocycles. The molecule has 0 spiro atoms. The minimum Gasteiger partial charge on any atom is -0.493 e. The summed E-state index contributed by atoms with van der Waals surface area (Å²) in [5.41, 5.74) is 0. The number of ether oxygens (including phenoxy) is 1. The molecule has 0 N–H and O–H groups in total. The maximum Gasteiger partial charge on any atom is 0.119 e. The van der Waals surface area contributed by atoms with Crippen LogP contribution in [0.3, 0.4) is 0 Å². The second kappa shape index (κ2) is 7.18. The van der Waals surface area contributed by atoms with Crippen molar-refractivity contribution in [2.75, 3.05) is 12.4 Å². The van der Waals surface area contributed by atoms with Crippen molar-refractivity contribution >= 4 is 28.6 Å². The topological polar surface area (TPSA) is 9.23 Å². The molecule has 0 fully saturated rings. The Hall–Kier alpha value is -0.150. The van der Waals surface area contributed by atoms with Crippen LogP contribution in [0.15, 0.2) is 28.7 Å². The number of halogens is 1. The van der Waals surface area contributed by atoms with E-state index in [2.05, 4.69) is 35.5 Å². The number of rotatable bonds is 6. The molecule has 0 aliphatic carbocycles. The zero-order valence-electron chi connectivity index (χ0n) is 8.95. The summed E-state index contributed by atoms with van der Waals surface area (Å²) < 4.78 is 6.77. The van der Waals surface area contributed by atoms with E-state index >= 15 is 0 Å². The molecule has 1 rings (SSSR count). The van der Waals surface area contributed by atoms with Gasteiger partial charge in [0.25, 0.3) is 0 Å². The molecule has 1 nitrogen and oxygen atoms in total. The molecule has 1 unspecified atom stereocenters. The zero-order valence-corrected chi connectivity index (χ0v) is 11.4. The van der Waals surface area contributed by atoms with Gasteiger partial charge in [0.1, 0.15) is 5.75 Å². The number of thiol groups is 1. The average molecular weight is 289 g/mol. The third kappa shape index (κ3) is 4.94. The normalized spacial score (nSPS) is 12.5. The molecule has 0 aliphatic rings. The summed E-state index contributed by atoms with van der Waals surface area (Å²) in [5, 5.41) is 0. The van der Waals surface area contributed by atoms with Gasteiger partial charge in [-0.15, -0.1) is 0 Å². The predicted molar refractivity (Wildman–Crippen MR) is 71.9 cm³/mol. The second-order valence-electron chi connectivity index (χ2n) is 3.60. The van der Waals surface area contributed by atoms with Gasteiger partial charge < -0.3 is 4.74 Å². The van der Waals surface area contributed by atoms with E-state index in [4.69, 9.17) is 4.74 Å². The van der Waals surface area contributed by atoms with Gasteiger partial charge in [-0.1, -0.05) is 29.3 Å². The van der Waals surface area contributed by atoms with Crippen LogP contribution in [-0.4, -0.2) is 12.4 Å². The monoisotopic (exact) mass is 288 g/mol. The average Bonchev–Trinajstić information content (AvgIpc) is 2.26. The molecule has 0 aromatic heterocycles. The fraction of sp³-hybridized carbons (Fsp3) is 0.500. The lowest BCUT2D eigenvalue weighted by Crippen LogP contribution is -2.13. The first-order valence-corrected chi connectivity index (χ1v) is 6.68. The third-order valence-electron chi connectivity index (χ3n) is 2.25. The van der Waals surface area contributed by atoms with Crippen LogP contribution >= 0.6 is 28.6 Å². The second-order valence-corrected chi connectivity index (χ2v) is 4.88. The van der Waals surface area contributed by atoms with Crippen molar-refractivity contribution in [1.29, 1.82) is 0 Å². The van der Waals surface area contributed by atoms with Crippen LogP contribution in [0.4, 0.5) is 0 Å². The molecule has 0 bridgehead atoms. The SMILES string of the molecule is CCCC(CS)COc1ccc(Br)cc1. The van der Waals surface area contributed by atoms with E-state index in [0.29, 0.717) is 5.92 Å². The molecule has 0 aliphatic heterocycles. The summed E-state index contributed by atoms with van der Waals surface area (Å²) in [7, 11) is 0. The molecule has 1 aromatic rings. The van der Waals surface area contributed by atoms with Crippen LogP contribution in [0, 0.1) is 5.92 Å². The van der Waals surface area contributed by atoms with Gasteiger partial charge in [-0.05, 0) is 36.4 Å². The molecule has 15 heavy (non-hydrogen) atoms. The highest BCUT2D eigenvalue weighted by atomic mass is 79.9. The van der Waals surface area contributed by atoms with Crippen LogP contribution in [-0.2, 0) is 0 Å². The quantitative estimate of drug-likeness (QED) is 0.773. The lowest BCUT2D eigenvalue weighted by molar-refractivity contribution is 0.254. The fourth-order valence-electron chi connectivity index (χ4n) is 1.38. The van der Waals surface area contributed by atoms with E-state index in [1.807, 2.05) is 24.3 Å². The van der Waals surface area contributed by atoms with E-state index in [0.717, 1.165) is 22.6 Å². The first-order chi connectivity index (χ1) is 7.26. The van der Waals surface area contributed by atoms with Crippen LogP contribution < -0.4 is 4.74 Å². The third-order valence-corrected chi connectivity index (χ3v) is 3.30. The number of hydrogen-bond acceptors (Lipinski definition) is 2. The molecule has 3 heteroatoms. The molecule has 0 radical (unpaired) electrons. The summed E-state index contributed by atoms with van der Waals surface area (Å²) in [4.78, 5) is 0. The maximum absolute atomic E-state index is 5.70. The van der Waals surface area contributed by atoms with Crippen molar-refractivity contribution < 1.29 is 4.74 Å². The van der Waals surface area contributed by atoms with E-state index < -0.39 is 0 Å². The summed E-state index contributed by atoms with van der Waals surface area (Å²) in [6.07, 6.45) is 2.37. The molecular weight excluding hydrogens is 272 g/mol. The van der Waals surface area contributed by atoms with Gasteiger partial charge in [0.15, 0.2) is 0 Å². The first-order valence-electron chi connectivity index (χ1n) is 5.25. The van der Waals surface area contributed by atoms with Crippen molar-refractivity contribution in [3.05, 3.63) is 28.7 Å². The summed E-state index contributed by atoms with van der Waals surface area (Å²) in [6, 6.07) is 7.94. The van der Waals surface area contributed by atoms with Gasteiger partial charge in [0, 0.05) is 10.4 Å². The van der Waals surface area contributed by atoms with Gasteiger partial charge in [-0.25, -0.2) is 0 Å². The van der Waals surface area contributed by atoms with Crippen molar-refractivity contribution in [3.63, 3.8) is 0 Å².